The number of benzene rings is 1. The predicted molar refractivity (Wildman–Crippen MR) is 80.9 cm³/mol. The van der Waals surface area contributed by atoms with Gasteiger partial charge in [-0.25, -0.2) is 9.97 Å². The Kier molecular flexibility index (Phi) is 3.63. The Morgan fingerprint density at radius 2 is 2.24 bits per heavy atom. The van der Waals surface area contributed by atoms with Crippen LogP contribution >= 0.6 is 11.6 Å². The van der Waals surface area contributed by atoms with Gasteiger partial charge in [-0.15, -0.1) is 11.6 Å². The summed E-state index contributed by atoms with van der Waals surface area (Å²) in [4.78, 5) is 8.60. The Morgan fingerprint density at radius 3 is 2.90 bits per heavy atom. The first-order valence-corrected chi connectivity index (χ1v) is 7.13. The van der Waals surface area contributed by atoms with Gasteiger partial charge < -0.3 is 9.13 Å². The maximum atomic E-state index is 9.21. The molecule has 0 aliphatic carbocycles. The van der Waals surface area contributed by atoms with Crippen molar-refractivity contribution in [3.05, 3.63) is 48.3 Å². The lowest BCUT2D eigenvalue weighted by Gasteiger charge is -2.10. The third kappa shape index (κ3) is 2.50. The van der Waals surface area contributed by atoms with Crippen molar-refractivity contribution in [1.82, 2.24) is 19.1 Å². The van der Waals surface area contributed by atoms with E-state index in [2.05, 4.69) is 20.6 Å². The molecule has 3 rings (SSSR count). The lowest BCUT2D eigenvalue weighted by molar-refractivity contribution is 0.569. The van der Waals surface area contributed by atoms with Crippen molar-refractivity contribution < 1.29 is 0 Å². The summed E-state index contributed by atoms with van der Waals surface area (Å²) in [5.74, 6) is 0.787. The first-order chi connectivity index (χ1) is 10.2. The van der Waals surface area contributed by atoms with E-state index in [0.717, 1.165) is 24.4 Å². The van der Waals surface area contributed by atoms with E-state index in [1.165, 1.54) is 0 Å². The zero-order chi connectivity index (χ0) is 14.8. The largest absolute Gasteiger partial charge is 0.336 e. The minimum Gasteiger partial charge on any atom is -0.336 e. The molecular formula is C15H14ClN5. The molecule has 3 aromatic rings. The standard InChI is InChI=1S/C15H14ClN5/c1-11(16)15-19-14-12(9-17)3-2-4-13(14)21(15)8-7-20-6-5-18-10-20/h2-6,10-11H,7-8H2,1H3. The van der Waals surface area contributed by atoms with E-state index >= 15 is 0 Å². The van der Waals surface area contributed by atoms with Crippen molar-refractivity contribution in [3.63, 3.8) is 0 Å². The van der Waals surface area contributed by atoms with Gasteiger partial charge in [-0.2, -0.15) is 5.26 Å². The first-order valence-electron chi connectivity index (χ1n) is 6.69. The lowest BCUT2D eigenvalue weighted by atomic mass is 10.2. The lowest BCUT2D eigenvalue weighted by Crippen LogP contribution is -2.09. The molecule has 0 N–H and O–H groups in total. The van der Waals surface area contributed by atoms with Gasteiger partial charge in [0.25, 0.3) is 0 Å². The van der Waals surface area contributed by atoms with E-state index in [-0.39, 0.29) is 5.38 Å². The maximum absolute atomic E-state index is 9.21. The third-order valence-corrected chi connectivity index (χ3v) is 3.62. The Hall–Kier alpha value is -2.32. The fraction of sp³-hybridized carbons (Fsp3) is 0.267. The normalized spacial score (nSPS) is 12.4. The van der Waals surface area contributed by atoms with E-state index in [9.17, 15) is 5.26 Å². The molecule has 2 heterocycles. The minimum absolute atomic E-state index is 0.216. The van der Waals surface area contributed by atoms with Crippen LogP contribution in [0.1, 0.15) is 23.7 Å². The highest BCUT2D eigenvalue weighted by atomic mass is 35.5. The molecule has 0 amide bonds. The second-order valence-electron chi connectivity index (χ2n) is 4.82. The van der Waals surface area contributed by atoms with Crippen molar-refractivity contribution in [2.24, 2.45) is 0 Å². The summed E-state index contributed by atoms with van der Waals surface area (Å²) in [5, 5.41) is 8.99. The van der Waals surface area contributed by atoms with Gasteiger partial charge in [-0.1, -0.05) is 6.07 Å². The molecule has 6 heteroatoms. The number of fused-ring (bicyclic) bond motifs is 1. The second-order valence-corrected chi connectivity index (χ2v) is 5.48. The predicted octanol–water partition coefficient (Wildman–Crippen LogP) is 3.10. The number of nitrogens with zero attached hydrogens (tertiary/aromatic N) is 5. The molecule has 0 saturated carbocycles. The SMILES string of the molecule is CC(Cl)c1nc2c(C#N)cccc2n1CCn1ccnc1. The molecular weight excluding hydrogens is 286 g/mol. The van der Waals surface area contributed by atoms with Crippen LogP contribution in [0.3, 0.4) is 0 Å². The van der Waals surface area contributed by atoms with Gasteiger partial charge in [-0.3, -0.25) is 0 Å². The van der Waals surface area contributed by atoms with Crippen LogP contribution < -0.4 is 0 Å². The number of aryl methyl sites for hydroxylation is 2. The summed E-state index contributed by atoms with van der Waals surface area (Å²) in [6.07, 6.45) is 5.46. The maximum Gasteiger partial charge on any atom is 0.127 e. The van der Waals surface area contributed by atoms with Crippen LogP contribution in [0, 0.1) is 11.3 Å². The van der Waals surface area contributed by atoms with E-state index < -0.39 is 0 Å². The fourth-order valence-electron chi connectivity index (χ4n) is 2.43. The first kappa shape index (κ1) is 13.7. The molecule has 2 aromatic heterocycles. The quantitative estimate of drug-likeness (QED) is 0.696. The van der Waals surface area contributed by atoms with Crippen LogP contribution in [0.2, 0.25) is 0 Å². The summed E-state index contributed by atoms with van der Waals surface area (Å²) in [6, 6.07) is 7.81. The summed E-state index contributed by atoms with van der Waals surface area (Å²) >= 11 is 6.25. The number of halogens is 1. The van der Waals surface area contributed by atoms with Crippen LogP contribution in [-0.4, -0.2) is 19.1 Å². The van der Waals surface area contributed by atoms with Gasteiger partial charge >= 0.3 is 0 Å². The highest BCUT2D eigenvalue weighted by Crippen LogP contribution is 2.26. The summed E-state index contributed by atoms with van der Waals surface area (Å²) < 4.78 is 4.08. The average molecular weight is 300 g/mol. The van der Waals surface area contributed by atoms with Crippen molar-refractivity contribution in [1.29, 1.82) is 5.26 Å². The molecule has 0 fully saturated rings. The zero-order valence-corrected chi connectivity index (χ0v) is 12.3. The Balaban J connectivity index is 2.06. The van der Waals surface area contributed by atoms with E-state index in [0.29, 0.717) is 11.1 Å². The molecule has 0 saturated heterocycles. The number of hydrogen-bond acceptors (Lipinski definition) is 3. The molecule has 0 spiro atoms. The zero-order valence-electron chi connectivity index (χ0n) is 11.6. The third-order valence-electron chi connectivity index (χ3n) is 3.43. The average Bonchev–Trinajstić information content (AvgIpc) is 3.11. The number of rotatable bonds is 4. The van der Waals surface area contributed by atoms with Gasteiger partial charge in [0, 0.05) is 25.5 Å². The van der Waals surface area contributed by atoms with Crippen LogP contribution in [0.15, 0.2) is 36.9 Å². The number of para-hydroxylation sites is 1. The Labute approximate surface area is 127 Å². The summed E-state index contributed by atoms with van der Waals surface area (Å²) in [6.45, 7) is 3.40. The van der Waals surface area contributed by atoms with Crippen molar-refractivity contribution in [2.75, 3.05) is 0 Å². The molecule has 0 aliphatic heterocycles. The number of aromatic nitrogens is 4. The van der Waals surface area contributed by atoms with Gasteiger partial charge in [0.15, 0.2) is 0 Å². The highest BCUT2D eigenvalue weighted by Gasteiger charge is 2.16. The Morgan fingerprint density at radius 1 is 1.38 bits per heavy atom. The van der Waals surface area contributed by atoms with Crippen LogP contribution in [-0.2, 0) is 13.1 Å². The number of alkyl halides is 1. The Bertz CT molecular complexity index is 795. The summed E-state index contributed by atoms with van der Waals surface area (Å²) in [5.41, 5.74) is 2.23. The van der Waals surface area contributed by atoms with Gasteiger partial charge in [0.1, 0.15) is 17.4 Å². The summed E-state index contributed by atoms with van der Waals surface area (Å²) in [7, 11) is 0. The number of imidazole rings is 2. The molecule has 0 bridgehead atoms. The van der Waals surface area contributed by atoms with E-state index in [1.54, 1.807) is 18.6 Å². The van der Waals surface area contributed by atoms with Crippen molar-refractivity contribution in [3.8, 4) is 6.07 Å². The molecule has 1 aromatic carbocycles. The number of hydrogen-bond donors (Lipinski definition) is 0. The van der Waals surface area contributed by atoms with Gasteiger partial charge in [-0.05, 0) is 19.1 Å². The molecule has 1 unspecified atom stereocenters. The molecule has 106 valence electrons. The van der Waals surface area contributed by atoms with Crippen LogP contribution in [0.5, 0.6) is 0 Å². The molecule has 5 nitrogen and oxygen atoms in total. The van der Waals surface area contributed by atoms with E-state index in [4.69, 9.17) is 11.6 Å². The highest BCUT2D eigenvalue weighted by molar-refractivity contribution is 6.20. The molecule has 0 aliphatic rings. The van der Waals surface area contributed by atoms with E-state index in [1.807, 2.05) is 29.8 Å². The topological polar surface area (TPSA) is 59.4 Å². The van der Waals surface area contributed by atoms with Crippen molar-refractivity contribution in [2.45, 2.75) is 25.4 Å². The monoisotopic (exact) mass is 299 g/mol. The smallest absolute Gasteiger partial charge is 0.127 e. The molecule has 1 atom stereocenters. The number of nitriles is 1. The fourth-order valence-corrected chi connectivity index (χ4v) is 2.59. The van der Waals surface area contributed by atoms with Crippen LogP contribution in [0.4, 0.5) is 0 Å². The molecule has 21 heavy (non-hydrogen) atoms. The van der Waals surface area contributed by atoms with Crippen molar-refractivity contribution >= 4 is 22.6 Å². The van der Waals surface area contributed by atoms with Gasteiger partial charge in [0.05, 0.1) is 22.8 Å². The minimum atomic E-state index is -0.216. The van der Waals surface area contributed by atoms with Gasteiger partial charge in [0.2, 0.25) is 0 Å². The second kappa shape index (κ2) is 5.58. The molecule has 0 radical (unpaired) electrons. The van der Waals surface area contributed by atoms with Crippen LogP contribution in [0.25, 0.3) is 11.0 Å².